The van der Waals surface area contributed by atoms with E-state index in [0.717, 1.165) is 19.7 Å². The van der Waals surface area contributed by atoms with E-state index in [9.17, 15) is 0 Å². The van der Waals surface area contributed by atoms with Gasteiger partial charge in [-0.1, -0.05) is 54.6 Å². The molecule has 2 aromatic carbocycles. The lowest BCUT2D eigenvalue weighted by Crippen LogP contribution is -2.27. The molecule has 3 heteroatoms. The molecule has 20 heavy (non-hydrogen) atoms. The summed E-state index contributed by atoms with van der Waals surface area (Å²) in [5, 5.41) is 0. The maximum Gasteiger partial charge on any atom is 0.108 e. The second-order valence-corrected chi connectivity index (χ2v) is 5.10. The summed E-state index contributed by atoms with van der Waals surface area (Å²) < 4.78 is 6.12. The van der Waals surface area contributed by atoms with Crippen molar-refractivity contribution in [3.63, 3.8) is 0 Å². The first-order chi connectivity index (χ1) is 9.34. The van der Waals surface area contributed by atoms with E-state index in [1.165, 1.54) is 16.7 Å². The fraction of sp³-hybridized carbons (Fsp3) is 0.294. The van der Waals surface area contributed by atoms with E-state index in [1.807, 2.05) is 6.07 Å². The second-order valence-electron chi connectivity index (χ2n) is 5.10. The predicted molar refractivity (Wildman–Crippen MR) is 87.3 cm³/mol. The summed E-state index contributed by atoms with van der Waals surface area (Å²) in [5.74, 6) is 0. The van der Waals surface area contributed by atoms with Crippen LogP contribution in [0.5, 0.6) is 0 Å². The van der Waals surface area contributed by atoms with Crippen LogP contribution in [0.4, 0.5) is 0 Å². The van der Waals surface area contributed by atoms with Gasteiger partial charge in [-0.05, 0) is 23.7 Å². The van der Waals surface area contributed by atoms with Crippen LogP contribution in [0.3, 0.4) is 0 Å². The lowest BCUT2D eigenvalue weighted by molar-refractivity contribution is 0.0554. The summed E-state index contributed by atoms with van der Waals surface area (Å²) in [7, 11) is 2.14. The van der Waals surface area contributed by atoms with Crippen molar-refractivity contribution >= 4 is 17.0 Å². The maximum absolute atomic E-state index is 6.12. The first-order valence-electron chi connectivity index (χ1n) is 6.77. The summed E-state index contributed by atoms with van der Waals surface area (Å²) >= 11 is 0. The zero-order valence-corrected chi connectivity index (χ0v) is 13.4. The summed E-state index contributed by atoms with van der Waals surface area (Å²) in [6.07, 6.45) is 0.0612. The number of benzene rings is 2. The third kappa shape index (κ3) is 3.29. The maximum atomic E-state index is 6.12. The molecule has 0 aromatic heterocycles. The Morgan fingerprint density at radius 1 is 1.00 bits per heavy atom. The molecule has 0 saturated carbocycles. The largest absolute Gasteiger partial charge is 0.367 e. The fourth-order valence-corrected chi connectivity index (χ4v) is 2.62. The Morgan fingerprint density at radius 2 is 1.70 bits per heavy atom. The molecular weight excluding hydrogens is 314 g/mol. The van der Waals surface area contributed by atoms with Gasteiger partial charge >= 0.3 is 0 Å². The van der Waals surface area contributed by atoms with Crippen LogP contribution in [0.2, 0.25) is 0 Å². The Hall–Kier alpha value is -1.16. The molecule has 2 aromatic rings. The molecule has 0 spiro atoms. The van der Waals surface area contributed by atoms with Crippen LogP contribution in [0.1, 0.15) is 22.8 Å². The Kier molecular flexibility index (Phi) is 5.35. The normalized spacial score (nSPS) is 19.4. The fourth-order valence-electron chi connectivity index (χ4n) is 2.62. The quantitative estimate of drug-likeness (QED) is 0.786. The van der Waals surface area contributed by atoms with Crippen molar-refractivity contribution in [2.45, 2.75) is 12.6 Å². The minimum Gasteiger partial charge on any atom is -0.367 e. The molecule has 2 nitrogen and oxygen atoms in total. The van der Waals surface area contributed by atoms with Crippen molar-refractivity contribution in [3.8, 4) is 0 Å². The third-order valence-electron chi connectivity index (χ3n) is 3.64. The van der Waals surface area contributed by atoms with Crippen molar-refractivity contribution in [2.24, 2.45) is 0 Å². The molecule has 106 valence electrons. The zero-order valence-electron chi connectivity index (χ0n) is 11.7. The highest BCUT2D eigenvalue weighted by molar-refractivity contribution is 8.93. The summed E-state index contributed by atoms with van der Waals surface area (Å²) in [5.41, 5.74) is 3.89. The lowest BCUT2D eigenvalue weighted by Gasteiger charge is -2.28. The molecule has 0 N–H and O–H groups in total. The molecule has 1 unspecified atom stereocenters. The topological polar surface area (TPSA) is 12.5 Å². The predicted octanol–water partition coefficient (Wildman–Crippen LogP) is 3.82. The second kappa shape index (κ2) is 7.02. The van der Waals surface area contributed by atoms with Gasteiger partial charge in [-0.15, -0.1) is 17.0 Å². The molecule has 1 aliphatic rings. The summed E-state index contributed by atoms with van der Waals surface area (Å²) in [6.45, 7) is 2.73. The van der Waals surface area contributed by atoms with Crippen LogP contribution >= 0.6 is 17.0 Å². The monoisotopic (exact) mass is 333 g/mol. The molecule has 1 atom stereocenters. The van der Waals surface area contributed by atoms with Crippen molar-refractivity contribution in [1.82, 2.24) is 4.90 Å². The van der Waals surface area contributed by atoms with E-state index in [1.54, 1.807) is 0 Å². The molecule has 0 bridgehead atoms. The van der Waals surface area contributed by atoms with Gasteiger partial charge in [-0.3, -0.25) is 4.90 Å². The number of nitrogens with zero attached hydrogens (tertiary/aromatic N) is 1. The molecule has 0 saturated heterocycles. The Balaban J connectivity index is 0.00000147. The highest BCUT2D eigenvalue weighted by Gasteiger charge is 2.20. The van der Waals surface area contributed by atoms with E-state index in [0.29, 0.717) is 0 Å². The minimum absolute atomic E-state index is 0. The van der Waals surface area contributed by atoms with Gasteiger partial charge in [0.25, 0.3) is 0 Å². The molecule has 0 fully saturated rings. The molecule has 3 rings (SSSR count). The average molecular weight is 334 g/mol. The van der Waals surface area contributed by atoms with Crippen LogP contribution in [-0.4, -0.2) is 25.1 Å². The number of hydrogen-bond acceptors (Lipinski definition) is 2. The molecule has 0 aliphatic carbocycles. The highest BCUT2D eigenvalue weighted by Crippen LogP contribution is 2.30. The first-order valence-corrected chi connectivity index (χ1v) is 6.77. The van der Waals surface area contributed by atoms with Crippen LogP contribution in [0, 0.1) is 0 Å². The van der Waals surface area contributed by atoms with Crippen LogP contribution in [0.15, 0.2) is 54.6 Å². The highest BCUT2D eigenvalue weighted by atomic mass is 79.9. The van der Waals surface area contributed by atoms with Crippen LogP contribution in [0.25, 0.3) is 0 Å². The number of fused-ring (bicyclic) bond motifs is 1. The van der Waals surface area contributed by atoms with E-state index < -0.39 is 0 Å². The van der Waals surface area contributed by atoms with Gasteiger partial charge in [0.15, 0.2) is 0 Å². The first kappa shape index (κ1) is 15.2. The van der Waals surface area contributed by atoms with Crippen molar-refractivity contribution in [2.75, 3.05) is 20.2 Å². The van der Waals surface area contributed by atoms with Gasteiger partial charge < -0.3 is 4.74 Å². The van der Waals surface area contributed by atoms with Gasteiger partial charge in [-0.2, -0.15) is 0 Å². The third-order valence-corrected chi connectivity index (χ3v) is 3.64. The average Bonchev–Trinajstić information content (AvgIpc) is 2.43. The SMILES string of the molecule is Br.CN1CCOC(c2ccccc2)c2ccccc2C1. The summed E-state index contributed by atoms with van der Waals surface area (Å²) in [4.78, 5) is 2.31. The molecule has 0 radical (unpaired) electrons. The van der Waals surface area contributed by atoms with Gasteiger partial charge in [-0.25, -0.2) is 0 Å². The van der Waals surface area contributed by atoms with E-state index >= 15 is 0 Å². The molecular formula is C17H20BrNO. The van der Waals surface area contributed by atoms with Gasteiger partial charge in [0.1, 0.15) is 6.10 Å². The van der Waals surface area contributed by atoms with E-state index in [4.69, 9.17) is 4.74 Å². The van der Waals surface area contributed by atoms with E-state index in [-0.39, 0.29) is 23.1 Å². The molecule has 1 heterocycles. The molecule has 1 aliphatic heterocycles. The van der Waals surface area contributed by atoms with Crippen molar-refractivity contribution < 1.29 is 4.74 Å². The smallest absolute Gasteiger partial charge is 0.108 e. The Bertz CT molecular complexity index is 544. The lowest BCUT2D eigenvalue weighted by atomic mass is 9.96. The number of rotatable bonds is 1. The van der Waals surface area contributed by atoms with Crippen LogP contribution in [-0.2, 0) is 11.3 Å². The minimum atomic E-state index is 0. The standard InChI is InChI=1S/C17H19NO.BrH/c1-18-11-12-19-17(14-7-3-2-4-8-14)16-10-6-5-9-15(16)13-18;/h2-10,17H,11-13H2,1H3;1H. The van der Waals surface area contributed by atoms with Gasteiger partial charge in [0.2, 0.25) is 0 Å². The van der Waals surface area contributed by atoms with Crippen molar-refractivity contribution in [3.05, 3.63) is 71.3 Å². The van der Waals surface area contributed by atoms with Crippen molar-refractivity contribution in [1.29, 1.82) is 0 Å². The number of ether oxygens (including phenoxy) is 1. The van der Waals surface area contributed by atoms with Gasteiger partial charge in [0.05, 0.1) is 6.61 Å². The van der Waals surface area contributed by atoms with Crippen LogP contribution < -0.4 is 0 Å². The number of halogens is 1. The van der Waals surface area contributed by atoms with Gasteiger partial charge in [0, 0.05) is 13.1 Å². The zero-order chi connectivity index (χ0) is 13.1. The Labute approximate surface area is 131 Å². The number of hydrogen-bond donors (Lipinski definition) is 0. The molecule has 0 amide bonds. The Morgan fingerprint density at radius 3 is 2.50 bits per heavy atom. The summed E-state index contributed by atoms with van der Waals surface area (Å²) in [6, 6.07) is 19.1. The van der Waals surface area contributed by atoms with E-state index in [2.05, 4.69) is 60.5 Å². The number of likely N-dealkylation sites (N-methyl/N-ethyl adjacent to an activating group) is 1.